The predicted octanol–water partition coefficient (Wildman–Crippen LogP) is 1.55. The van der Waals surface area contributed by atoms with Gasteiger partial charge in [0.25, 0.3) is 0 Å². The van der Waals surface area contributed by atoms with Gasteiger partial charge < -0.3 is 10.2 Å². The van der Waals surface area contributed by atoms with E-state index in [-0.39, 0.29) is 17.9 Å². The fourth-order valence-electron chi connectivity index (χ4n) is 2.30. The monoisotopic (exact) mass is 240 g/mol. The van der Waals surface area contributed by atoms with Crippen LogP contribution in [0.25, 0.3) is 0 Å². The molecular weight excluding hydrogens is 216 g/mol. The summed E-state index contributed by atoms with van der Waals surface area (Å²) in [5.41, 5.74) is -0.768. The number of amides is 2. The highest BCUT2D eigenvalue weighted by Gasteiger charge is 2.43. The van der Waals surface area contributed by atoms with E-state index in [1.54, 1.807) is 25.7 Å². The summed E-state index contributed by atoms with van der Waals surface area (Å²) < 4.78 is 0. The molecule has 4 heteroatoms. The molecule has 1 fully saturated rings. The van der Waals surface area contributed by atoms with Crippen LogP contribution in [0, 0.1) is 5.92 Å². The normalized spacial score (nSPS) is 25.7. The van der Waals surface area contributed by atoms with Gasteiger partial charge in [-0.3, -0.25) is 9.59 Å². The lowest BCUT2D eigenvalue weighted by Crippen LogP contribution is -2.67. The van der Waals surface area contributed by atoms with Crippen molar-refractivity contribution in [3.05, 3.63) is 0 Å². The zero-order valence-electron chi connectivity index (χ0n) is 11.5. The van der Waals surface area contributed by atoms with Crippen LogP contribution >= 0.6 is 0 Å². The van der Waals surface area contributed by atoms with Gasteiger partial charge in [0.05, 0.1) is 0 Å². The van der Waals surface area contributed by atoms with Crippen molar-refractivity contribution >= 4 is 11.8 Å². The van der Waals surface area contributed by atoms with Gasteiger partial charge in [-0.2, -0.15) is 0 Å². The van der Waals surface area contributed by atoms with E-state index in [2.05, 4.69) is 19.2 Å². The summed E-state index contributed by atoms with van der Waals surface area (Å²) in [6.07, 6.45) is 2.19. The summed E-state index contributed by atoms with van der Waals surface area (Å²) in [5, 5.41) is 2.76. The maximum atomic E-state index is 12.3. The largest absolute Gasteiger partial charge is 0.340 e. The van der Waals surface area contributed by atoms with Crippen LogP contribution in [-0.2, 0) is 9.59 Å². The summed E-state index contributed by atoms with van der Waals surface area (Å²) in [6.45, 7) is 10.2. The van der Waals surface area contributed by atoms with Crippen molar-refractivity contribution in [1.29, 1.82) is 0 Å². The quantitative estimate of drug-likeness (QED) is 0.810. The SMILES string of the molecule is CCCC(C)CN1C(=O)C(C)(C)NC(=O)C1C. The van der Waals surface area contributed by atoms with Crippen LogP contribution in [0.2, 0.25) is 0 Å². The average Bonchev–Trinajstić information content (AvgIpc) is 2.22. The summed E-state index contributed by atoms with van der Waals surface area (Å²) >= 11 is 0. The number of piperazine rings is 1. The van der Waals surface area contributed by atoms with E-state index in [1.807, 2.05) is 0 Å². The Morgan fingerprint density at radius 2 is 2.00 bits per heavy atom. The first-order valence-corrected chi connectivity index (χ1v) is 6.42. The van der Waals surface area contributed by atoms with Gasteiger partial charge >= 0.3 is 0 Å². The van der Waals surface area contributed by atoms with Crippen molar-refractivity contribution in [1.82, 2.24) is 10.2 Å². The fourth-order valence-corrected chi connectivity index (χ4v) is 2.30. The molecule has 1 saturated heterocycles. The lowest BCUT2D eigenvalue weighted by Gasteiger charge is -2.42. The summed E-state index contributed by atoms with van der Waals surface area (Å²) in [7, 11) is 0. The number of carbonyl (C=O) groups excluding carboxylic acids is 2. The van der Waals surface area contributed by atoms with E-state index in [0.29, 0.717) is 12.5 Å². The summed E-state index contributed by atoms with van der Waals surface area (Å²) in [6, 6.07) is -0.352. The molecule has 0 aromatic carbocycles. The van der Waals surface area contributed by atoms with E-state index >= 15 is 0 Å². The van der Waals surface area contributed by atoms with Gasteiger partial charge in [-0.25, -0.2) is 0 Å². The van der Waals surface area contributed by atoms with E-state index < -0.39 is 5.54 Å². The van der Waals surface area contributed by atoms with Crippen molar-refractivity contribution < 1.29 is 9.59 Å². The molecule has 17 heavy (non-hydrogen) atoms. The Balaban J connectivity index is 2.79. The van der Waals surface area contributed by atoms with Crippen molar-refractivity contribution in [2.24, 2.45) is 5.92 Å². The Labute approximate surface area is 104 Å². The lowest BCUT2D eigenvalue weighted by molar-refractivity contribution is -0.153. The highest BCUT2D eigenvalue weighted by molar-refractivity contribution is 5.99. The second-order valence-electron chi connectivity index (χ2n) is 5.64. The number of hydrogen-bond donors (Lipinski definition) is 1. The standard InChI is InChI=1S/C13H24N2O2/c1-6-7-9(2)8-15-10(3)11(16)14-13(4,5)12(15)17/h9-10H,6-8H2,1-5H3,(H,14,16). The molecule has 1 N–H and O–H groups in total. The highest BCUT2D eigenvalue weighted by atomic mass is 16.2. The van der Waals surface area contributed by atoms with Gasteiger partial charge in [0.15, 0.2) is 0 Å². The Kier molecular flexibility index (Phi) is 4.17. The van der Waals surface area contributed by atoms with Crippen LogP contribution in [0.15, 0.2) is 0 Å². The first-order valence-electron chi connectivity index (χ1n) is 6.42. The molecule has 1 aliphatic rings. The van der Waals surface area contributed by atoms with E-state index in [0.717, 1.165) is 12.8 Å². The minimum atomic E-state index is -0.768. The molecule has 2 atom stereocenters. The average molecular weight is 240 g/mol. The topological polar surface area (TPSA) is 49.4 Å². The van der Waals surface area contributed by atoms with Crippen molar-refractivity contribution in [3.8, 4) is 0 Å². The molecule has 0 spiro atoms. The Bertz CT molecular complexity index is 313. The summed E-state index contributed by atoms with van der Waals surface area (Å²) in [5.74, 6) is 0.402. The zero-order chi connectivity index (χ0) is 13.2. The highest BCUT2D eigenvalue weighted by Crippen LogP contribution is 2.20. The van der Waals surface area contributed by atoms with Crippen LogP contribution in [0.5, 0.6) is 0 Å². The van der Waals surface area contributed by atoms with Gasteiger partial charge in [-0.05, 0) is 33.1 Å². The van der Waals surface area contributed by atoms with Crippen molar-refractivity contribution in [2.45, 2.75) is 59.0 Å². The molecule has 0 bridgehead atoms. The molecule has 0 aromatic heterocycles. The molecule has 2 amide bonds. The van der Waals surface area contributed by atoms with Gasteiger partial charge in [-0.15, -0.1) is 0 Å². The van der Waals surface area contributed by atoms with Crippen molar-refractivity contribution in [2.75, 3.05) is 6.54 Å². The second kappa shape index (κ2) is 5.07. The molecule has 0 saturated carbocycles. The minimum Gasteiger partial charge on any atom is -0.340 e. The van der Waals surface area contributed by atoms with E-state index in [9.17, 15) is 9.59 Å². The Morgan fingerprint density at radius 3 is 2.53 bits per heavy atom. The molecule has 0 aromatic rings. The smallest absolute Gasteiger partial charge is 0.248 e. The maximum Gasteiger partial charge on any atom is 0.248 e. The molecule has 0 aliphatic carbocycles. The number of rotatable bonds is 4. The number of nitrogens with zero attached hydrogens (tertiary/aromatic N) is 1. The molecule has 4 nitrogen and oxygen atoms in total. The number of carbonyl (C=O) groups is 2. The maximum absolute atomic E-state index is 12.3. The second-order valence-corrected chi connectivity index (χ2v) is 5.64. The van der Waals surface area contributed by atoms with E-state index in [1.165, 1.54) is 0 Å². The van der Waals surface area contributed by atoms with E-state index in [4.69, 9.17) is 0 Å². The first kappa shape index (κ1) is 14.0. The third kappa shape index (κ3) is 2.99. The zero-order valence-corrected chi connectivity index (χ0v) is 11.5. The molecule has 1 aliphatic heterocycles. The number of hydrogen-bond acceptors (Lipinski definition) is 2. The Morgan fingerprint density at radius 1 is 1.41 bits per heavy atom. The molecule has 2 unspecified atom stereocenters. The van der Waals surface area contributed by atoms with Crippen LogP contribution in [0.1, 0.15) is 47.5 Å². The van der Waals surface area contributed by atoms with Gasteiger partial charge in [-0.1, -0.05) is 20.3 Å². The fraction of sp³-hybridized carbons (Fsp3) is 0.846. The van der Waals surface area contributed by atoms with Crippen LogP contribution in [0.3, 0.4) is 0 Å². The molecule has 98 valence electrons. The Hall–Kier alpha value is -1.06. The van der Waals surface area contributed by atoms with Crippen LogP contribution < -0.4 is 5.32 Å². The third-order valence-electron chi connectivity index (χ3n) is 3.37. The van der Waals surface area contributed by atoms with Crippen LogP contribution in [0.4, 0.5) is 0 Å². The molecule has 0 radical (unpaired) electrons. The molecular formula is C13H24N2O2. The molecule has 1 rings (SSSR count). The van der Waals surface area contributed by atoms with Crippen molar-refractivity contribution in [3.63, 3.8) is 0 Å². The number of nitrogens with one attached hydrogen (secondary N) is 1. The van der Waals surface area contributed by atoms with Crippen LogP contribution in [-0.4, -0.2) is 34.8 Å². The summed E-state index contributed by atoms with van der Waals surface area (Å²) in [4.78, 5) is 25.8. The third-order valence-corrected chi connectivity index (χ3v) is 3.37. The first-order chi connectivity index (χ1) is 7.79. The lowest BCUT2D eigenvalue weighted by atomic mass is 9.95. The minimum absolute atomic E-state index is 0.0209. The van der Waals surface area contributed by atoms with Gasteiger partial charge in [0.1, 0.15) is 11.6 Å². The van der Waals surface area contributed by atoms with Gasteiger partial charge in [0, 0.05) is 6.54 Å². The predicted molar refractivity (Wildman–Crippen MR) is 67.5 cm³/mol. The van der Waals surface area contributed by atoms with Gasteiger partial charge in [0.2, 0.25) is 11.8 Å². The molecule has 1 heterocycles.